The molecule has 0 bridgehead atoms. The highest BCUT2D eigenvalue weighted by Gasteiger charge is 2.30. The summed E-state index contributed by atoms with van der Waals surface area (Å²) in [5, 5.41) is 10.1. The predicted molar refractivity (Wildman–Crippen MR) is 99.1 cm³/mol. The zero-order chi connectivity index (χ0) is 17.6. The lowest BCUT2D eigenvalue weighted by atomic mass is 10.2. The van der Waals surface area contributed by atoms with Gasteiger partial charge in [0.05, 0.1) is 17.5 Å². The first-order valence-electron chi connectivity index (χ1n) is 8.05. The number of aromatic hydroxyl groups is 1. The van der Waals surface area contributed by atoms with E-state index in [4.69, 9.17) is 4.74 Å². The maximum Gasteiger partial charge on any atom is 0.342 e. The molecule has 0 aromatic heterocycles. The summed E-state index contributed by atoms with van der Waals surface area (Å²) >= 11 is 0. The van der Waals surface area contributed by atoms with Gasteiger partial charge in [0.15, 0.2) is 14.7 Å². The molecule has 0 fully saturated rings. The van der Waals surface area contributed by atoms with Crippen molar-refractivity contribution in [2.75, 3.05) is 6.61 Å². The van der Waals surface area contributed by atoms with Crippen LogP contribution in [0.15, 0.2) is 93.5 Å². The van der Waals surface area contributed by atoms with E-state index in [1.54, 1.807) is 19.1 Å². The normalized spacial score (nSPS) is 10.6. The Bertz CT molecular complexity index is 808. The molecule has 3 aromatic rings. The van der Waals surface area contributed by atoms with E-state index in [1.165, 1.54) is 0 Å². The molecule has 0 saturated carbocycles. The summed E-state index contributed by atoms with van der Waals surface area (Å²) < 4.78 is 5.06. The monoisotopic (exact) mass is 351 g/mol. The quantitative estimate of drug-likeness (QED) is 0.537. The number of benzene rings is 3. The molecule has 126 valence electrons. The Morgan fingerprint density at radius 1 is 0.880 bits per heavy atom. The second kappa shape index (κ2) is 7.90. The van der Waals surface area contributed by atoms with Gasteiger partial charge in [-0.1, -0.05) is 36.4 Å². The molecule has 0 saturated heterocycles. The minimum absolute atomic E-state index is 0.0631. The van der Waals surface area contributed by atoms with Gasteiger partial charge in [0, 0.05) is 6.07 Å². The molecule has 0 heterocycles. The summed E-state index contributed by atoms with van der Waals surface area (Å²) in [7, 11) is -0.373. The molecule has 0 aliphatic heterocycles. The number of hydrogen-bond donors (Lipinski definition) is 1. The van der Waals surface area contributed by atoms with Crippen molar-refractivity contribution in [3.63, 3.8) is 0 Å². The molecule has 3 rings (SSSR count). The predicted octanol–water partition coefficient (Wildman–Crippen LogP) is 4.66. The van der Waals surface area contributed by atoms with Crippen LogP contribution in [0, 0.1) is 0 Å². The largest absolute Gasteiger partial charge is 0.507 e. The van der Waals surface area contributed by atoms with Gasteiger partial charge in [0.2, 0.25) is 0 Å². The van der Waals surface area contributed by atoms with Gasteiger partial charge >= 0.3 is 5.97 Å². The zero-order valence-corrected chi connectivity index (χ0v) is 14.7. The number of phenols is 1. The van der Waals surface area contributed by atoms with Crippen molar-refractivity contribution in [2.45, 2.75) is 21.6 Å². The summed E-state index contributed by atoms with van der Waals surface area (Å²) in [5.41, 5.74) is 0.198. The first kappa shape index (κ1) is 17.1. The van der Waals surface area contributed by atoms with Crippen molar-refractivity contribution in [2.24, 2.45) is 0 Å². The Labute approximate surface area is 150 Å². The summed E-state index contributed by atoms with van der Waals surface area (Å²) in [4.78, 5) is 15.4. The van der Waals surface area contributed by atoms with Gasteiger partial charge in [-0.15, -0.1) is 0 Å². The average Bonchev–Trinajstić information content (AvgIpc) is 2.65. The van der Waals surface area contributed by atoms with Crippen LogP contribution in [0.3, 0.4) is 0 Å². The maximum atomic E-state index is 12.1. The van der Waals surface area contributed by atoms with Crippen molar-refractivity contribution in [3.05, 3.63) is 84.4 Å². The maximum absolute atomic E-state index is 12.1. The van der Waals surface area contributed by atoms with Crippen molar-refractivity contribution in [1.82, 2.24) is 0 Å². The van der Waals surface area contributed by atoms with Crippen LogP contribution in [0.1, 0.15) is 17.3 Å². The molecule has 0 radical (unpaired) electrons. The van der Waals surface area contributed by atoms with Crippen LogP contribution in [-0.4, -0.2) is 17.7 Å². The molecule has 0 spiro atoms. The Morgan fingerprint density at radius 3 is 1.96 bits per heavy atom. The van der Waals surface area contributed by atoms with Crippen LogP contribution in [0.25, 0.3) is 0 Å². The standard InChI is InChI=1S/C21H18O3S/c1-2-24-21(23)19-15-18(13-14-20(19)22)25(16-9-5-3-6-10-16)17-11-7-4-8-12-17/h3-15H,2H2,1H3/p+1. The Morgan fingerprint density at radius 2 is 1.44 bits per heavy atom. The summed E-state index contributed by atoms with van der Waals surface area (Å²) in [6.07, 6.45) is 0. The highest BCUT2D eigenvalue weighted by molar-refractivity contribution is 7.97. The fourth-order valence-corrected chi connectivity index (χ4v) is 4.65. The molecule has 3 nitrogen and oxygen atoms in total. The Kier molecular flexibility index (Phi) is 5.41. The minimum atomic E-state index is -0.508. The number of esters is 1. The average molecular weight is 351 g/mol. The summed E-state index contributed by atoms with van der Waals surface area (Å²) in [6.45, 7) is 2.02. The number of hydrogen-bond acceptors (Lipinski definition) is 3. The van der Waals surface area contributed by atoms with Crippen molar-refractivity contribution in [3.8, 4) is 5.75 Å². The van der Waals surface area contributed by atoms with Crippen LogP contribution in [0.4, 0.5) is 0 Å². The molecule has 0 aliphatic rings. The molecule has 3 aromatic carbocycles. The van der Waals surface area contributed by atoms with Crippen LogP contribution in [-0.2, 0) is 15.6 Å². The van der Waals surface area contributed by atoms with E-state index < -0.39 is 5.97 Å². The van der Waals surface area contributed by atoms with Crippen molar-refractivity contribution < 1.29 is 14.6 Å². The molecule has 1 N–H and O–H groups in total. The molecule has 0 aliphatic carbocycles. The summed E-state index contributed by atoms with van der Waals surface area (Å²) in [5.74, 6) is -0.571. The van der Waals surface area contributed by atoms with E-state index in [0.717, 1.165) is 14.7 Å². The molecule has 4 heteroatoms. The van der Waals surface area contributed by atoms with Crippen LogP contribution in [0.2, 0.25) is 0 Å². The number of phenolic OH excluding ortho intramolecular Hbond substituents is 1. The third kappa shape index (κ3) is 3.86. The second-order valence-corrected chi connectivity index (χ2v) is 7.36. The van der Waals surface area contributed by atoms with Crippen LogP contribution >= 0.6 is 0 Å². The fraction of sp³-hybridized carbons (Fsp3) is 0.0952. The van der Waals surface area contributed by atoms with Gasteiger partial charge in [0.1, 0.15) is 11.3 Å². The lowest BCUT2D eigenvalue weighted by Crippen LogP contribution is -2.09. The highest BCUT2D eigenvalue weighted by atomic mass is 32.2. The van der Waals surface area contributed by atoms with Crippen LogP contribution in [0.5, 0.6) is 5.75 Å². The van der Waals surface area contributed by atoms with Crippen molar-refractivity contribution in [1.29, 1.82) is 0 Å². The van der Waals surface area contributed by atoms with Gasteiger partial charge in [0.25, 0.3) is 0 Å². The van der Waals surface area contributed by atoms with Gasteiger partial charge in [-0.25, -0.2) is 4.79 Å². The molecule has 0 unspecified atom stereocenters. The van der Waals surface area contributed by atoms with E-state index in [1.807, 2.05) is 42.5 Å². The molecule has 0 atom stereocenters. The number of carbonyl (C=O) groups excluding carboxylic acids is 1. The molecule has 0 amide bonds. The van der Waals surface area contributed by atoms with Crippen molar-refractivity contribution >= 4 is 16.9 Å². The number of ether oxygens (including phenoxy) is 1. The van der Waals surface area contributed by atoms with Gasteiger partial charge in [-0.05, 0) is 43.3 Å². The Balaban J connectivity index is 2.11. The molecule has 25 heavy (non-hydrogen) atoms. The van der Waals surface area contributed by atoms with Crippen LogP contribution < -0.4 is 0 Å². The highest BCUT2D eigenvalue weighted by Crippen LogP contribution is 2.33. The first-order valence-corrected chi connectivity index (χ1v) is 9.27. The SMILES string of the molecule is CCOC(=O)c1cc([S+](c2ccccc2)c2ccccc2)ccc1O. The van der Waals surface area contributed by atoms with Gasteiger partial charge < -0.3 is 9.84 Å². The number of rotatable bonds is 5. The number of carbonyl (C=O) groups is 1. The zero-order valence-electron chi connectivity index (χ0n) is 13.9. The lowest BCUT2D eigenvalue weighted by Gasteiger charge is -2.10. The molecular formula is C21H19O3S+. The van der Waals surface area contributed by atoms with E-state index in [0.29, 0.717) is 0 Å². The Hall–Kier alpha value is -2.72. The fourth-order valence-electron chi connectivity index (χ4n) is 2.54. The van der Waals surface area contributed by atoms with E-state index in [-0.39, 0.29) is 28.8 Å². The van der Waals surface area contributed by atoms with Gasteiger partial charge in [-0.3, -0.25) is 0 Å². The lowest BCUT2D eigenvalue weighted by molar-refractivity contribution is 0.0522. The van der Waals surface area contributed by atoms with E-state index >= 15 is 0 Å². The van der Waals surface area contributed by atoms with E-state index in [9.17, 15) is 9.90 Å². The van der Waals surface area contributed by atoms with Gasteiger partial charge in [-0.2, -0.15) is 0 Å². The second-order valence-electron chi connectivity index (χ2n) is 5.33. The summed E-state index contributed by atoms with van der Waals surface area (Å²) in [6, 6.07) is 25.4. The van der Waals surface area contributed by atoms with E-state index in [2.05, 4.69) is 24.3 Å². The first-order chi connectivity index (χ1) is 12.2. The third-order valence-corrected chi connectivity index (χ3v) is 5.87. The topological polar surface area (TPSA) is 46.5 Å². The smallest absolute Gasteiger partial charge is 0.342 e. The minimum Gasteiger partial charge on any atom is -0.507 e. The molecular weight excluding hydrogens is 332 g/mol. The third-order valence-electron chi connectivity index (χ3n) is 3.66.